The summed E-state index contributed by atoms with van der Waals surface area (Å²) in [5.74, 6) is 1.78. The largest absolute Gasteiger partial charge is 0.504 e. The van der Waals surface area contributed by atoms with Gasteiger partial charge in [-0.15, -0.1) is 0 Å². The first-order chi connectivity index (χ1) is 12.0. The number of ether oxygens (including phenoxy) is 1. The maximum atomic E-state index is 13.0. The van der Waals surface area contributed by atoms with Crippen LogP contribution in [0.5, 0.6) is 11.5 Å². The van der Waals surface area contributed by atoms with E-state index >= 15 is 0 Å². The molecule has 3 rings (SSSR count). The predicted molar refractivity (Wildman–Crippen MR) is 98.1 cm³/mol. The smallest absolute Gasteiger partial charge is 0.254 e. The quantitative estimate of drug-likeness (QED) is 0.890. The van der Waals surface area contributed by atoms with Crippen molar-refractivity contribution < 1.29 is 14.6 Å². The Morgan fingerprint density at radius 1 is 1.32 bits per heavy atom. The number of carbonyl (C=O) groups is 1. The topological polar surface area (TPSA) is 53.0 Å². The summed E-state index contributed by atoms with van der Waals surface area (Å²) in [5.41, 5.74) is 0.524. The third-order valence-corrected chi connectivity index (χ3v) is 5.42. The number of methoxy groups -OCH3 is 1. The molecule has 138 valence electrons. The van der Waals surface area contributed by atoms with Gasteiger partial charge < -0.3 is 14.7 Å². The lowest BCUT2D eigenvalue weighted by Crippen LogP contribution is -2.46. The molecule has 1 aliphatic carbocycles. The highest BCUT2D eigenvalue weighted by Crippen LogP contribution is 2.32. The molecule has 1 amide bonds. The maximum absolute atomic E-state index is 13.0. The molecule has 0 unspecified atom stereocenters. The highest BCUT2D eigenvalue weighted by Gasteiger charge is 2.33. The molecular weight excluding hydrogens is 316 g/mol. The molecule has 25 heavy (non-hydrogen) atoms. The summed E-state index contributed by atoms with van der Waals surface area (Å²) < 4.78 is 5.07. The van der Waals surface area contributed by atoms with Crippen molar-refractivity contribution in [1.29, 1.82) is 0 Å². The van der Waals surface area contributed by atoms with E-state index in [0.29, 0.717) is 23.3 Å². The Morgan fingerprint density at radius 3 is 2.68 bits per heavy atom. The van der Waals surface area contributed by atoms with Gasteiger partial charge in [0, 0.05) is 37.8 Å². The van der Waals surface area contributed by atoms with Crippen LogP contribution in [-0.2, 0) is 0 Å². The molecule has 1 saturated carbocycles. The van der Waals surface area contributed by atoms with Crippen LogP contribution in [0.2, 0.25) is 0 Å². The number of nitrogens with zero attached hydrogens (tertiary/aromatic N) is 2. The average molecular weight is 346 g/mol. The van der Waals surface area contributed by atoms with Crippen molar-refractivity contribution in [1.82, 2.24) is 9.80 Å². The molecule has 0 bridgehead atoms. The van der Waals surface area contributed by atoms with Crippen LogP contribution in [0.3, 0.4) is 0 Å². The van der Waals surface area contributed by atoms with Crippen LogP contribution >= 0.6 is 0 Å². The van der Waals surface area contributed by atoms with Gasteiger partial charge in [0.15, 0.2) is 11.5 Å². The van der Waals surface area contributed by atoms with Crippen molar-refractivity contribution in [3.63, 3.8) is 0 Å². The molecule has 1 heterocycles. The zero-order valence-electron chi connectivity index (χ0n) is 15.6. The molecule has 2 aliphatic rings. The number of carbonyl (C=O) groups excluding carboxylic acids is 1. The van der Waals surface area contributed by atoms with E-state index in [4.69, 9.17) is 4.74 Å². The monoisotopic (exact) mass is 346 g/mol. The Labute approximate surface area is 150 Å². The number of rotatable bonds is 5. The Morgan fingerprint density at radius 2 is 2.08 bits per heavy atom. The van der Waals surface area contributed by atoms with Crippen molar-refractivity contribution in [3.8, 4) is 11.5 Å². The van der Waals surface area contributed by atoms with E-state index in [1.807, 2.05) is 4.90 Å². The second-order valence-corrected chi connectivity index (χ2v) is 7.74. The minimum Gasteiger partial charge on any atom is -0.504 e. The number of phenols is 1. The number of hydrogen-bond donors (Lipinski definition) is 1. The van der Waals surface area contributed by atoms with Crippen molar-refractivity contribution in [2.75, 3.05) is 33.3 Å². The average Bonchev–Trinajstić information content (AvgIpc) is 3.41. The first-order valence-electron chi connectivity index (χ1n) is 9.40. The second-order valence-electron chi connectivity index (χ2n) is 7.74. The fraction of sp³-hybridized carbons (Fsp3) is 0.650. The summed E-state index contributed by atoms with van der Waals surface area (Å²) in [5, 5.41) is 9.98. The molecule has 1 aliphatic heterocycles. The number of benzene rings is 1. The van der Waals surface area contributed by atoms with Gasteiger partial charge >= 0.3 is 0 Å². The van der Waals surface area contributed by atoms with Gasteiger partial charge in [0.05, 0.1) is 7.11 Å². The lowest BCUT2D eigenvalue weighted by Gasteiger charge is -2.34. The van der Waals surface area contributed by atoms with Gasteiger partial charge in [0.2, 0.25) is 0 Å². The second kappa shape index (κ2) is 7.65. The molecule has 2 fully saturated rings. The van der Waals surface area contributed by atoms with Crippen molar-refractivity contribution in [2.24, 2.45) is 11.8 Å². The third kappa shape index (κ3) is 4.27. The molecule has 1 saturated heterocycles. The number of phenolic OH excluding ortho intramolecular Hbond substituents is 1. The van der Waals surface area contributed by atoms with Crippen LogP contribution in [0.1, 0.15) is 43.5 Å². The number of aromatic hydroxyl groups is 1. The standard InChI is InChI=1S/C20H30N2O3/c1-14(2)17-13-22(10-4-9-21(17)12-15-5-6-15)20(24)16-7-8-19(25-3)18(23)11-16/h7-8,11,14-15,17,23H,4-6,9-10,12-13H2,1-3H3/t17-/m0/s1. The van der Waals surface area contributed by atoms with Gasteiger partial charge in [-0.1, -0.05) is 13.8 Å². The zero-order chi connectivity index (χ0) is 18.0. The Balaban J connectivity index is 1.74. The summed E-state index contributed by atoms with van der Waals surface area (Å²) >= 11 is 0. The molecule has 1 aromatic carbocycles. The zero-order valence-corrected chi connectivity index (χ0v) is 15.6. The van der Waals surface area contributed by atoms with E-state index in [2.05, 4.69) is 18.7 Å². The summed E-state index contributed by atoms with van der Waals surface area (Å²) in [6, 6.07) is 5.30. The van der Waals surface area contributed by atoms with E-state index in [1.165, 1.54) is 32.6 Å². The van der Waals surface area contributed by atoms with Crippen LogP contribution in [0.25, 0.3) is 0 Å². The summed E-state index contributed by atoms with van der Waals surface area (Å²) in [4.78, 5) is 17.5. The Hall–Kier alpha value is -1.75. The SMILES string of the molecule is COc1ccc(C(=O)N2CCCN(CC3CC3)[C@H](C(C)C)C2)cc1O. The van der Waals surface area contributed by atoms with Crippen molar-refractivity contribution >= 4 is 5.91 Å². The van der Waals surface area contributed by atoms with Gasteiger partial charge in [0.1, 0.15) is 0 Å². The van der Waals surface area contributed by atoms with Gasteiger partial charge in [0.25, 0.3) is 5.91 Å². The van der Waals surface area contributed by atoms with Crippen LogP contribution in [-0.4, -0.2) is 60.1 Å². The van der Waals surface area contributed by atoms with E-state index in [1.54, 1.807) is 12.1 Å². The van der Waals surface area contributed by atoms with Gasteiger partial charge in [-0.25, -0.2) is 0 Å². The molecule has 0 spiro atoms. The first kappa shape index (κ1) is 18.1. The number of amides is 1. The third-order valence-electron chi connectivity index (χ3n) is 5.42. The predicted octanol–water partition coefficient (Wildman–Crippen LogP) is 2.98. The Kier molecular flexibility index (Phi) is 5.52. The van der Waals surface area contributed by atoms with Gasteiger partial charge in [-0.2, -0.15) is 0 Å². The molecular formula is C20H30N2O3. The highest BCUT2D eigenvalue weighted by atomic mass is 16.5. The van der Waals surface area contributed by atoms with E-state index in [-0.39, 0.29) is 11.7 Å². The molecule has 5 nitrogen and oxygen atoms in total. The van der Waals surface area contributed by atoms with Crippen LogP contribution in [0.4, 0.5) is 0 Å². The van der Waals surface area contributed by atoms with Crippen LogP contribution in [0, 0.1) is 11.8 Å². The fourth-order valence-electron chi connectivity index (χ4n) is 3.74. The lowest BCUT2D eigenvalue weighted by atomic mass is 10.0. The van der Waals surface area contributed by atoms with E-state index in [0.717, 1.165) is 32.0 Å². The molecule has 1 N–H and O–H groups in total. The molecule has 1 atom stereocenters. The van der Waals surface area contributed by atoms with Crippen molar-refractivity contribution in [2.45, 2.75) is 39.2 Å². The molecule has 0 aromatic heterocycles. The van der Waals surface area contributed by atoms with Gasteiger partial charge in [-0.3, -0.25) is 9.69 Å². The Bertz CT molecular complexity index is 613. The summed E-state index contributed by atoms with van der Waals surface area (Å²) in [6.07, 6.45) is 3.72. The molecule has 5 heteroatoms. The molecule has 0 radical (unpaired) electrons. The maximum Gasteiger partial charge on any atom is 0.254 e. The molecule has 1 aromatic rings. The summed E-state index contributed by atoms with van der Waals surface area (Å²) in [6.45, 7) is 8.27. The first-order valence-corrected chi connectivity index (χ1v) is 9.40. The van der Waals surface area contributed by atoms with E-state index < -0.39 is 0 Å². The summed E-state index contributed by atoms with van der Waals surface area (Å²) in [7, 11) is 1.51. The highest BCUT2D eigenvalue weighted by molar-refractivity contribution is 5.95. The lowest BCUT2D eigenvalue weighted by molar-refractivity contribution is 0.0704. The minimum absolute atomic E-state index is 0.00289. The van der Waals surface area contributed by atoms with Gasteiger partial charge in [-0.05, 0) is 49.3 Å². The van der Waals surface area contributed by atoms with E-state index in [9.17, 15) is 9.90 Å². The number of hydrogen-bond acceptors (Lipinski definition) is 4. The van der Waals surface area contributed by atoms with Crippen LogP contribution in [0.15, 0.2) is 18.2 Å². The van der Waals surface area contributed by atoms with Crippen LogP contribution < -0.4 is 4.74 Å². The van der Waals surface area contributed by atoms with Crippen molar-refractivity contribution in [3.05, 3.63) is 23.8 Å². The normalized spacial score (nSPS) is 22.1. The fourth-order valence-corrected chi connectivity index (χ4v) is 3.74. The minimum atomic E-state index is -0.00289.